The Kier molecular flexibility index (Phi) is 3.33. The minimum Gasteiger partial charge on any atom is -0.388 e. The zero-order valence-electron chi connectivity index (χ0n) is 11.1. The van der Waals surface area contributed by atoms with Crippen LogP contribution >= 0.6 is 0 Å². The van der Waals surface area contributed by atoms with Gasteiger partial charge in [-0.1, -0.05) is 27.2 Å². The van der Waals surface area contributed by atoms with Crippen molar-refractivity contribution in [1.29, 1.82) is 0 Å². The molecule has 2 heteroatoms. The van der Waals surface area contributed by atoms with E-state index in [0.717, 1.165) is 25.3 Å². The summed E-state index contributed by atoms with van der Waals surface area (Å²) >= 11 is 0. The van der Waals surface area contributed by atoms with E-state index in [-0.39, 0.29) is 5.41 Å². The van der Waals surface area contributed by atoms with Crippen LogP contribution in [0, 0.1) is 11.3 Å². The van der Waals surface area contributed by atoms with Crippen molar-refractivity contribution in [2.75, 3.05) is 6.54 Å². The summed E-state index contributed by atoms with van der Waals surface area (Å²) < 4.78 is 0. The molecule has 16 heavy (non-hydrogen) atoms. The molecule has 1 saturated carbocycles. The largest absolute Gasteiger partial charge is 0.388 e. The van der Waals surface area contributed by atoms with Gasteiger partial charge in [0, 0.05) is 6.04 Å². The van der Waals surface area contributed by atoms with Crippen molar-refractivity contribution in [2.24, 2.45) is 11.3 Å². The number of nitrogens with one attached hydrogen (secondary N) is 1. The summed E-state index contributed by atoms with van der Waals surface area (Å²) in [6, 6.07) is 0.323. The monoisotopic (exact) mass is 225 g/mol. The van der Waals surface area contributed by atoms with E-state index >= 15 is 0 Å². The smallest absolute Gasteiger partial charge is 0.0850 e. The highest BCUT2D eigenvalue weighted by Gasteiger charge is 2.52. The topological polar surface area (TPSA) is 32.3 Å². The highest BCUT2D eigenvalue weighted by atomic mass is 16.3. The van der Waals surface area contributed by atoms with Gasteiger partial charge in [-0.05, 0) is 50.0 Å². The molecule has 0 aromatic rings. The van der Waals surface area contributed by atoms with Gasteiger partial charge < -0.3 is 10.4 Å². The number of aliphatic hydroxyl groups is 1. The molecule has 3 unspecified atom stereocenters. The lowest BCUT2D eigenvalue weighted by Crippen LogP contribution is -2.59. The lowest BCUT2D eigenvalue weighted by atomic mass is 9.69. The molecule has 3 atom stereocenters. The maximum Gasteiger partial charge on any atom is 0.0850 e. The summed E-state index contributed by atoms with van der Waals surface area (Å²) in [4.78, 5) is 0. The van der Waals surface area contributed by atoms with Crippen LogP contribution < -0.4 is 5.32 Å². The van der Waals surface area contributed by atoms with Crippen LogP contribution in [0.25, 0.3) is 0 Å². The van der Waals surface area contributed by atoms with Gasteiger partial charge in [-0.3, -0.25) is 0 Å². The van der Waals surface area contributed by atoms with Gasteiger partial charge in [0.15, 0.2) is 0 Å². The molecule has 0 spiro atoms. The Balaban J connectivity index is 2.11. The molecular formula is C14H27NO. The molecular weight excluding hydrogens is 198 g/mol. The molecule has 2 nitrogen and oxygen atoms in total. The lowest BCUT2D eigenvalue weighted by molar-refractivity contribution is -0.0835. The van der Waals surface area contributed by atoms with Crippen molar-refractivity contribution in [3.8, 4) is 0 Å². The Labute approximate surface area is 99.8 Å². The summed E-state index contributed by atoms with van der Waals surface area (Å²) in [6.45, 7) is 7.83. The first-order chi connectivity index (χ1) is 7.49. The number of hydrogen-bond donors (Lipinski definition) is 2. The standard InChI is InChI=1S/C14H27NO/c1-4-11-6-9-15-12(10-11)14(16)8-5-7-13(14,2)3/h11-12,15-16H,4-10H2,1-3H3. The van der Waals surface area contributed by atoms with Gasteiger partial charge in [0.1, 0.15) is 0 Å². The maximum absolute atomic E-state index is 11.0. The molecule has 1 heterocycles. The highest BCUT2D eigenvalue weighted by Crippen LogP contribution is 2.49. The number of hydrogen-bond acceptors (Lipinski definition) is 2. The SMILES string of the molecule is CCC1CCNC(C2(O)CCCC2(C)C)C1. The molecule has 0 bridgehead atoms. The van der Waals surface area contributed by atoms with Gasteiger partial charge in [-0.2, -0.15) is 0 Å². The van der Waals surface area contributed by atoms with Gasteiger partial charge >= 0.3 is 0 Å². The third-order valence-corrected chi connectivity index (χ3v) is 5.20. The first kappa shape index (κ1) is 12.4. The minimum absolute atomic E-state index is 0.0836. The molecule has 2 rings (SSSR count). The molecule has 1 saturated heterocycles. The van der Waals surface area contributed by atoms with Crippen molar-refractivity contribution in [3.05, 3.63) is 0 Å². The Morgan fingerprint density at radius 3 is 2.62 bits per heavy atom. The van der Waals surface area contributed by atoms with E-state index in [4.69, 9.17) is 0 Å². The van der Waals surface area contributed by atoms with E-state index in [1.165, 1.54) is 25.7 Å². The second-order valence-electron chi connectivity index (χ2n) is 6.47. The first-order valence-corrected chi connectivity index (χ1v) is 6.95. The fourth-order valence-electron chi connectivity index (χ4n) is 3.73. The lowest BCUT2D eigenvalue weighted by Gasteiger charge is -2.46. The quantitative estimate of drug-likeness (QED) is 0.757. The molecule has 0 amide bonds. The average molecular weight is 225 g/mol. The van der Waals surface area contributed by atoms with E-state index in [2.05, 4.69) is 26.1 Å². The van der Waals surface area contributed by atoms with E-state index in [0.29, 0.717) is 6.04 Å². The summed E-state index contributed by atoms with van der Waals surface area (Å²) in [7, 11) is 0. The van der Waals surface area contributed by atoms with E-state index in [9.17, 15) is 5.11 Å². The first-order valence-electron chi connectivity index (χ1n) is 6.95. The second kappa shape index (κ2) is 4.30. The van der Waals surface area contributed by atoms with Gasteiger partial charge in [0.2, 0.25) is 0 Å². The summed E-state index contributed by atoms with van der Waals surface area (Å²) in [5, 5.41) is 14.6. The zero-order chi connectivity index (χ0) is 11.8. The molecule has 1 aliphatic heterocycles. The van der Waals surface area contributed by atoms with E-state index in [1.807, 2.05) is 0 Å². The van der Waals surface area contributed by atoms with Crippen LogP contribution in [0.3, 0.4) is 0 Å². The normalized spacial score (nSPS) is 43.5. The zero-order valence-corrected chi connectivity index (χ0v) is 11.1. The number of piperidine rings is 1. The molecule has 2 aliphatic rings. The third kappa shape index (κ3) is 1.91. The predicted octanol–water partition coefficient (Wildman–Crippen LogP) is 2.71. The van der Waals surface area contributed by atoms with E-state index in [1.54, 1.807) is 0 Å². The van der Waals surface area contributed by atoms with Crippen LogP contribution in [0.2, 0.25) is 0 Å². The predicted molar refractivity (Wildman–Crippen MR) is 67.4 cm³/mol. The van der Waals surface area contributed by atoms with Crippen molar-refractivity contribution >= 4 is 0 Å². The van der Waals surface area contributed by atoms with Crippen LogP contribution in [0.1, 0.15) is 59.3 Å². The average Bonchev–Trinajstić information content (AvgIpc) is 2.55. The van der Waals surface area contributed by atoms with Gasteiger partial charge in [-0.25, -0.2) is 0 Å². The van der Waals surface area contributed by atoms with Crippen LogP contribution in [-0.2, 0) is 0 Å². The van der Waals surface area contributed by atoms with Crippen LogP contribution in [0.4, 0.5) is 0 Å². The van der Waals surface area contributed by atoms with Crippen LogP contribution in [0.15, 0.2) is 0 Å². The van der Waals surface area contributed by atoms with E-state index < -0.39 is 5.60 Å². The van der Waals surface area contributed by atoms with Crippen LogP contribution in [0.5, 0.6) is 0 Å². The highest BCUT2D eigenvalue weighted by molar-refractivity contribution is 5.07. The fourth-order valence-corrected chi connectivity index (χ4v) is 3.73. The maximum atomic E-state index is 11.0. The van der Waals surface area contributed by atoms with Crippen LogP contribution in [-0.4, -0.2) is 23.3 Å². The van der Waals surface area contributed by atoms with Crippen molar-refractivity contribution in [2.45, 2.75) is 70.9 Å². The fraction of sp³-hybridized carbons (Fsp3) is 1.00. The third-order valence-electron chi connectivity index (χ3n) is 5.20. The second-order valence-corrected chi connectivity index (χ2v) is 6.47. The molecule has 0 radical (unpaired) electrons. The molecule has 1 aliphatic carbocycles. The van der Waals surface area contributed by atoms with Crippen molar-refractivity contribution in [3.63, 3.8) is 0 Å². The van der Waals surface area contributed by atoms with Gasteiger partial charge in [0.05, 0.1) is 5.60 Å². The number of rotatable bonds is 2. The Bertz CT molecular complexity index is 251. The molecule has 2 fully saturated rings. The summed E-state index contributed by atoms with van der Waals surface area (Å²) in [5.74, 6) is 0.812. The van der Waals surface area contributed by atoms with Gasteiger partial charge in [0.25, 0.3) is 0 Å². The summed E-state index contributed by atoms with van der Waals surface area (Å²) in [6.07, 6.45) is 7.03. The Morgan fingerprint density at radius 1 is 1.31 bits per heavy atom. The molecule has 2 N–H and O–H groups in total. The molecule has 94 valence electrons. The molecule has 0 aromatic carbocycles. The summed E-state index contributed by atoms with van der Waals surface area (Å²) in [5.41, 5.74) is -0.388. The van der Waals surface area contributed by atoms with Crippen molar-refractivity contribution in [1.82, 2.24) is 5.32 Å². The Morgan fingerprint density at radius 2 is 2.06 bits per heavy atom. The van der Waals surface area contributed by atoms with Gasteiger partial charge in [-0.15, -0.1) is 0 Å². The van der Waals surface area contributed by atoms with Crippen molar-refractivity contribution < 1.29 is 5.11 Å². The molecule has 0 aromatic heterocycles. The minimum atomic E-state index is -0.471. The Hall–Kier alpha value is -0.0800.